The van der Waals surface area contributed by atoms with Gasteiger partial charge in [0.15, 0.2) is 0 Å². The second-order valence-electron chi connectivity index (χ2n) is 4.80. The molecule has 0 aliphatic rings. The molecular formula is C10H22INO2S. The molecule has 15 heavy (non-hydrogen) atoms. The molecule has 0 spiro atoms. The van der Waals surface area contributed by atoms with E-state index in [-0.39, 0.29) is 11.2 Å². The lowest BCUT2D eigenvalue weighted by Gasteiger charge is -2.28. The largest absolute Gasteiger partial charge is 0.375 e. The first-order valence-electron chi connectivity index (χ1n) is 5.13. The lowest BCUT2D eigenvalue weighted by atomic mass is 10.0. The zero-order valence-electron chi connectivity index (χ0n) is 10.0. The summed E-state index contributed by atoms with van der Waals surface area (Å²) in [5, 5.41) is 0. The molecule has 0 rings (SSSR count). The number of nitrogens with two attached hydrogens (primary N) is 1. The Morgan fingerprint density at radius 2 is 1.73 bits per heavy atom. The van der Waals surface area contributed by atoms with Gasteiger partial charge >= 0.3 is 0 Å². The van der Waals surface area contributed by atoms with E-state index in [0.29, 0.717) is 13.2 Å². The highest BCUT2D eigenvalue weighted by molar-refractivity contribution is 14.2. The normalized spacial score (nSPS) is 13.2. The Labute approximate surface area is 110 Å². The summed E-state index contributed by atoms with van der Waals surface area (Å²) in [5.74, 6) is 0. The van der Waals surface area contributed by atoms with E-state index >= 15 is 0 Å². The summed E-state index contributed by atoms with van der Waals surface area (Å²) in [7, 11) is 1.37. The molecule has 0 aromatic carbocycles. The fourth-order valence-electron chi connectivity index (χ4n) is 1.12. The van der Waals surface area contributed by atoms with Crippen molar-refractivity contribution < 1.29 is 8.92 Å². The van der Waals surface area contributed by atoms with Crippen LogP contribution < -0.4 is 5.73 Å². The van der Waals surface area contributed by atoms with Gasteiger partial charge in [-0.25, -0.2) is 0 Å². The van der Waals surface area contributed by atoms with E-state index in [1.165, 1.54) is 9.21 Å². The van der Waals surface area contributed by atoms with Crippen LogP contribution in [0.4, 0.5) is 0 Å². The molecule has 5 heteroatoms. The second-order valence-corrected chi connectivity index (χ2v) is 6.17. The molecule has 0 bridgehead atoms. The van der Waals surface area contributed by atoms with Crippen LogP contribution in [0.25, 0.3) is 0 Å². The second kappa shape index (κ2) is 7.32. The fraction of sp³-hybridized carbons (Fsp3) is 1.00. The van der Waals surface area contributed by atoms with Gasteiger partial charge in [0.2, 0.25) is 0 Å². The molecule has 0 aliphatic carbocycles. The molecule has 0 heterocycles. The smallest absolute Gasteiger partial charge is 0.0804 e. The molecule has 0 amide bonds. The highest BCUT2D eigenvalue weighted by Crippen LogP contribution is 2.26. The van der Waals surface area contributed by atoms with Crippen molar-refractivity contribution in [2.24, 2.45) is 5.73 Å². The average Bonchev–Trinajstić information content (AvgIpc) is 2.02. The van der Waals surface area contributed by atoms with E-state index in [2.05, 4.69) is 48.9 Å². The van der Waals surface area contributed by atoms with E-state index in [4.69, 9.17) is 14.7 Å². The molecule has 0 fully saturated rings. The van der Waals surface area contributed by atoms with Crippen LogP contribution in [0.15, 0.2) is 0 Å². The van der Waals surface area contributed by atoms with Gasteiger partial charge in [-0.05, 0) is 40.7 Å². The van der Waals surface area contributed by atoms with Crippen LogP contribution in [-0.2, 0) is 8.92 Å². The Kier molecular flexibility index (Phi) is 7.79. The lowest BCUT2D eigenvalue weighted by molar-refractivity contribution is -0.0405. The lowest BCUT2D eigenvalue weighted by Crippen LogP contribution is -2.31. The summed E-state index contributed by atoms with van der Waals surface area (Å²) in [6.07, 6.45) is 1.77. The van der Waals surface area contributed by atoms with Crippen LogP contribution in [0.2, 0.25) is 0 Å². The first-order valence-corrected chi connectivity index (χ1v) is 8.42. The minimum Gasteiger partial charge on any atom is -0.375 e. The van der Waals surface area contributed by atoms with Crippen molar-refractivity contribution in [3.63, 3.8) is 0 Å². The molecule has 0 aromatic rings. The van der Waals surface area contributed by atoms with Gasteiger partial charge < -0.3 is 10.5 Å². The maximum absolute atomic E-state index is 5.78. The Morgan fingerprint density at radius 1 is 1.13 bits per heavy atom. The van der Waals surface area contributed by atoms with Crippen molar-refractivity contribution in [2.75, 3.05) is 13.2 Å². The summed E-state index contributed by atoms with van der Waals surface area (Å²) in [5.41, 5.74) is 5.25. The predicted molar refractivity (Wildman–Crippen MR) is 75.1 cm³/mol. The molecule has 92 valence electrons. The summed E-state index contributed by atoms with van der Waals surface area (Å²) < 4.78 is 11.3. The van der Waals surface area contributed by atoms with E-state index in [0.717, 1.165) is 12.8 Å². The summed E-state index contributed by atoms with van der Waals surface area (Å²) in [4.78, 5) is 0. The molecule has 0 radical (unpaired) electrons. The first-order chi connectivity index (χ1) is 6.83. The molecule has 0 aliphatic heterocycles. The topological polar surface area (TPSA) is 44.5 Å². The highest BCUT2D eigenvalue weighted by atomic mass is 127. The Balaban J connectivity index is 3.77. The minimum absolute atomic E-state index is 0.123. The Morgan fingerprint density at radius 3 is 2.20 bits per heavy atom. The number of rotatable bonds is 8. The van der Waals surface area contributed by atoms with Gasteiger partial charge in [0, 0.05) is 27.6 Å². The Bertz CT molecular complexity index is 159. The number of ether oxygens (including phenoxy) is 1. The van der Waals surface area contributed by atoms with Crippen LogP contribution in [0, 0.1) is 0 Å². The van der Waals surface area contributed by atoms with E-state index in [9.17, 15) is 0 Å². The molecule has 0 saturated heterocycles. The number of halogens is 1. The van der Waals surface area contributed by atoms with E-state index in [1.807, 2.05) is 0 Å². The summed E-state index contributed by atoms with van der Waals surface area (Å²) in [6.45, 7) is 9.64. The third kappa shape index (κ3) is 8.74. The van der Waals surface area contributed by atoms with Crippen molar-refractivity contribution in [3.05, 3.63) is 0 Å². The van der Waals surface area contributed by atoms with Crippen LogP contribution in [-0.4, -0.2) is 24.4 Å². The number of hydrogen-bond donors (Lipinski definition) is 1. The quantitative estimate of drug-likeness (QED) is 0.540. The minimum atomic E-state index is -0.134. The Hall–Kier alpha value is 0.960. The van der Waals surface area contributed by atoms with Gasteiger partial charge in [-0.3, -0.25) is 4.18 Å². The van der Waals surface area contributed by atoms with Gasteiger partial charge in [-0.15, -0.1) is 0 Å². The molecule has 0 unspecified atom stereocenters. The predicted octanol–water partition coefficient (Wildman–Crippen LogP) is 3.31. The molecular weight excluding hydrogens is 325 g/mol. The highest BCUT2D eigenvalue weighted by Gasteiger charge is 2.22. The third-order valence-electron chi connectivity index (χ3n) is 2.20. The van der Waals surface area contributed by atoms with Crippen LogP contribution in [0.3, 0.4) is 0 Å². The summed E-state index contributed by atoms with van der Waals surface area (Å²) in [6, 6.07) is 0. The van der Waals surface area contributed by atoms with Gasteiger partial charge in [0.05, 0.1) is 27.0 Å². The maximum Gasteiger partial charge on any atom is 0.0804 e. The van der Waals surface area contributed by atoms with E-state index < -0.39 is 0 Å². The van der Waals surface area contributed by atoms with Crippen LogP contribution in [0.1, 0.15) is 40.5 Å². The van der Waals surface area contributed by atoms with Crippen molar-refractivity contribution >= 4 is 30.4 Å². The van der Waals surface area contributed by atoms with Crippen molar-refractivity contribution in [1.29, 1.82) is 0 Å². The molecule has 0 aromatic heterocycles. The van der Waals surface area contributed by atoms with E-state index in [1.54, 1.807) is 0 Å². The van der Waals surface area contributed by atoms with Crippen LogP contribution in [0.5, 0.6) is 0 Å². The zero-order valence-corrected chi connectivity index (χ0v) is 13.0. The van der Waals surface area contributed by atoms with Gasteiger partial charge in [-0.1, -0.05) is 0 Å². The summed E-state index contributed by atoms with van der Waals surface area (Å²) >= 11 is 2.13. The van der Waals surface area contributed by atoms with Gasteiger partial charge in [0.1, 0.15) is 0 Å². The van der Waals surface area contributed by atoms with Crippen molar-refractivity contribution in [3.8, 4) is 0 Å². The SMILES string of the molecule is CC(C)(CCN)OCCC(C)(C)OSI. The molecule has 0 atom stereocenters. The molecule has 0 saturated carbocycles. The fourth-order valence-corrected chi connectivity index (χ4v) is 2.83. The van der Waals surface area contributed by atoms with Gasteiger partial charge in [-0.2, -0.15) is 0 Å². The average molecular weight is 347 g/mol. The van der Waals surface area contributed by atoms with Crippen molar-refractivity contribution in [2.45, 2.75) is 51.7 Å². The van der Waals surface area contributed by atoms with Crippen molar-refractivity contribution in [1.82, 2.24) is 0 Å². The standard InChI is InChI=1S/C10H22INO2S/c1-9(2,5-7-12)13-8-6-10(3,4)14-15-11/h5-8,12H2,1-4H3. The third-order valence-corrected chi connectivity index (χ3v) is 3.25. The van der Waals surface area contributed by atoms with Crippen LogP contribution >= 0.6 is 30.4 Å². The van der Waals surface area contributed by atoms with Gasteiger partial charge in [0.25, 0.3) is 0 Å². The molecule has 3 nitrogen and oxygen atoms in total. The zero-order chi connectivity index (χ0) is 11.9. The maximum atomic E-state index is 5.78. The first kappa shape index (κ1) is 16.0. The monoisotopic (exact) mass is 347 g/mol. The molecule has 2 N–H and O–H groups in total. The number of hydrogen-bond acceptors (Lipinski definition) is 4.